The Kier molecular flexibility index (Phi) is 5.73. The van der Waals surface area contributed by atoms with E-state index in [-0.39, 0.29) is 31.4 Å². The number of nitrogens with one attached hydrogen (secondary N) is 1. The SMILES string of the molecule is [2H][C@]1(N2Cc3c(OCc4ccc(CN5CCOCC5=O)cc4)cccc3C2=O)CCC(=C)NC1=O. The lowest BCUT2D eigenvalue weighted by molar-refractivity contribution is -0.143. The zero-order valence-corrected chi connectivity index (χ0v) is 18.8. The van der Waals surface area contributed by atoms with Crippen molar-refractivity contribution in [2.24, 2.45) is 0 Å². The summed E-state index contributed by atoms with van der Waals surface area (Å²) in [6.07, 6.45) is 0.657. The number of allylic oxidation sites excluding steroid dienone is 1. The number of carbonyl (C=O) groups is 3. The summed E-state index contributed by atoms with van der Waals surface area (Å²) in [6.45, 7) is 6.02. The van der Waals surface area contributed by atoms with Gasteiger partial charge in [0.1, 0.15) is 25.0 Å². The highest BCUT2D eigenvalue weighted by Crippen LogP contribution is 2.34. The van der Waals surface area contributed by atoms with Gasteiger partial charge in [-0.15, -0.1) is 0 Å². The minimum Gasteiger partial charge on any atom is -0.489 e. The molecule has 0 aliphatic carbocycles. The number of rotatable bonds is 6. The average molecular weight is 463 g/mol. The molecule has 0 spiro atoms. The van der Waals surface area contributed by atoms with E-state index in [1.54, 1.807) is 23.1 Å². The van der Waals surface area contributed by atoms with Crippen LogP contribution < -0.4 is 10.1 Å². The molecule has 1 atom stereocenters. The van der Waals surface area contributed by atoms with Crippen molar-refractivity contribution in [3.05, 3.63) is 77.0 Å². The van der Waals surface area contributed by atoms with E-state index in [2.05, 4.69) is 11.9 Å². The first-order valence-corrected chi connectivity index (χ1v) is 11.3. The number of ether oxygens (including phenoxy) is 2. The average Bonchev–Trinajstić information content (AvgIpc) is 3.20. The first kappa shape index (κ1) is 20.9. The Morgan fingerprint density at radius 1 is 1.15 bits per heavy atom. The summed E-state index contributed by atoms with van der Waals surface area (Å²) in [4.78, 5) is 40.7. The molecule has 176 valence electrons. The van der Waals surface area contributed by atoms with Gasteiger partial charge in [0, 0.05) is 29.9 Å². The maximum Gasteiger partial charge on any atom is 0.255 e. The second kappa shape index (κ2) is 9.30. The van der Waals surface area contributed by atoms with Crippen LogP contribution in [0.15, 0.2) is 54.7 Å². The van der Waals surface area contributed by atoms with Crippen molar-refractivity contribution < 1.29 is 25.2 Å². The molecule has 3 amide bonds. The van der Waals surface area contributed by atoms with Crippen LogP contribution in [0.25, 0.3) is 0 Å². The molecular formula is C26H27N3O5. The lowest BCUT2D eigenvalue weighted by atomic mass is 10.0. The highest BCUT2D eigenvalue weighted by Gasteiger charge is 2.39. The first-order valence-electron chi connectivity index (χ1n) is 11.8. The molecule has 2 aromatic rings. The fourth-order valence-electron chi connectivity index (χ4n) is 4.43. The second-order valence-electron chi connectivity index (χ2n) is 8.65. The Morgan fingerprint density at radius 3 is 2.71 bits per heavy atom. The molecule has 34 heavy (non-hydrogen) atoms. The third kappa shape index (κ3) is 4.41. The Hall–Kier alpha value is -3.65. The maximum absolute atomic E-state index is 13.1. The van der Waals surface area contributed by atoms with Crippen LogP contribution >= 0.6 is 0 Å². The van der Waals surface area contributed by atoms with Gasteiger partial charge >= 0.3 is 0 Å². The van der Waals surface area contributed by atoms with Crippen molar-refractivity contribution in [3.8, 4) is 5.75 Å². The zero-order valence-electron chi connectivity index (χ0n) is 19.8. The van der Waals surface area contributed by atoms with Crippen molar-refractivity contribution >= 4 is 17.7 Å². The van der Waals surface area contributed by atoms with Crippen molar-refractivity contribution in [1.82, 2.24) is 15.1 Å². The smallest absolute Gasteiger partial charge is 0.255 e. The maximum atomic E-state index is 13.1. The Bertz CT molecular complexity index is 1200. The number of carbonyl (C=O) groups excluding carboxylic acids is 3. The number of hydrogen-bond acceptors (Lipinski definition) is 5. The molecule has 0 radical (unpaired) electrons. The summed E-state index contributed by atoms with van der Waals surface area (Å²) in [6, 6.07) is 11.4. The highest BCUT2D eigenvalue weighted by molar-refractivity contribution is 6.02. The number of morpholine rings is 1. The van der Waals surface area contributed by atoms with Crippen LogP contribution in [-0.2, 0) is 34.0 Å². The van der Waals surface area contributed by atoms with E-state index in [1.165, 1.54) is 4.90 Å². The van der Waals surface area contributed by atoms with Crippen molar-refractivity contribution in [1.29, 1.82) is 0 Å². The van der Waals surface area contributed by atoms with Crippen LogP contribution in [0.2, 0.25) is 0 Å². The van der Waals surface area contributed by atoms with E-state index in [0.717, 1.165) is 11.1 Å². The minimum atomic E-state index is -1.67. The Balaban J connectivity index is 1.26. The number of hydrogen-bond donors (Lipinski definition) is 1. The Morgan fingerprint density at radius 2 is 1.94 bits per heavy atom. The minimum absolute atomic E-state index is 0.00437. The van der Waals surface area contributed by atoms with Gasteiger partial charge in [-0.1, -0.05) is 36.9 Å². The van der Waals surface area contributed by atoms with Crippen LogP contribution in [0.4, 0.5) is 0 Å². The highest BCUT2D eigenvalue weighted by atomic mass is 16.5. The lowest BCUT2D eigenvalue weighted by Crippen LogP contribution is -2.49. The van der Waals surface area contributed by atoms with Gasteiger partial charge in [-0.2, -0.15) is 0 Å². The van der Waals surface area contributed by atoms with E-state index in [0.29, 0.717) is 55.3 Å². The molecule has 2 saturated heterocycles. The molecule has 2 fully saturated rings. The summed E-state index contributed by atoms with van der Waals surface area (Å²) in [5.74, 6) is -0.317. The quantitative estimate of drug-likeness (QED) is 0.712. The van der Waals surface area contributed by atoms with E-state index < -0.39 is 11.9 Å². The monoisotopic (exact) mass is 462 g/mol. The summed E-state index contributed by atoms with van der Waals surface area (Å²) < 4.78 is 20.0. The molecule has 2 aromatic carbocycles. The number of fused-ring (bicyclic) bond motifs is 1. The summed E-state index contributed by atoms with van der Waals surface area (Å²) in [7, 11) is 0. The van der Waals surface area contributed by atoms with Gasteiger partial charge in [-0.05, 0) is 36.1 Å². The topological polar surface area (TPSA) is 88.2 Å². The summed E-state index contributed by atoms with van der Waals surface area (Å²) >= 11 is 0. The summed E-state index contributed by atoms with van der Waals surface area (Å²) in [5, 5.41) is 2.61. The number of benzene rings is 2. The van der Waals surface area contributed by atoms with Crippen LogP contribution in [0, 0.1) is 0 Å². The Labute approximate surface area is 199 Å². The number of piperidine rings is 1. The third-order valence-electron chi connectivity index (χ3n) is 6.34. The zero-order chi connectivity index (χ0) is 24.6. The predicted octanol–water partition coefficient (Wildman–Crippen LogP) is 2.37. The van der Waals surface area contributed by atoms with Gasteiger partial charge in [-0.3, -0.25) is 14.4 Å². The molecule has 3 heterocycles. The summed E-state index contributed by atoms with van der Waals surface area (Å²) in [5.41, 5.74) is 3.68. The van der Waals surface area contributed by atoms with E-state index in [1.807, 2.05) is 24.3 Å². The second-order valence-corrected chi connectivity index (χ2v) is 8.65. The van der Waals surface area contributed by atoms with Crippen molar-refractivity contribution in [2.45, 2.75) is 38.6 Å². The molecule has 5 rings (SSSR count). The molecule has 8 heteroatoms. The van der Waals surface area contributed by atoms with Gasteiger partial charge in [-0.25, -0.2) is 0 Å². The fourth-order valence-corrected chi connectivity index (χ4v) is 4.43. The molecular weight excluding hydrogens is 434 g/mol. The molecule has 0 bridgehead atoms. The molecule has 8 nitrogen and oxygen atoms in total. The molecule has 1 N–H and O–H groups in total. The molecule has 0 aromatic heterocycles. The van der Waals surface area contributed by atoms with Gasteiger partial charge in [0.05, 0.1) is 14.5 Å². The van der Waals surface area contributed by atoms with Crippen LogP contribution in [-0.4, -0.2) is 53.3 Å². The van der Waals surface area contributed by atoms with Crippen molar-refractivity contribution in [3.63, 3.8) is 0 Å². The van der Waals surface area contributed by atoms with E-state index in [4.69, 9.17) is 10.8 Å². The van der Waals surface area contributed by atoms with Gasteiger partial charge in [0.2, 0.25) is 11.8 Å². The largest absolute Gasteiger partial charge is 0.489 e. The van der Waals surface area contributed by atoms with Gasteiger partial charge < -0.3 is 24.6 Å². The number of amides is 3. The lowest BCUT2D eigenvalue weighted by Gasteiger charge is -2.31. The molecule has 3 aliphatic heterocycles. The number of nitrogens with zero attached hydrogens (tertiary/aromatic N) is 2. The normalized spacial score (nSPS) is 23.0. The molecule has 0 saturated carbocycles. The van der Waals surface area contributed by atoms with Crippen LogP contribution in [0.5, 0.6) is 5.75 Å². The van der Waals surface area contributed by atoms with E-state index in [9.17, 15) is 14.4 Å². The predicted molar refractivity (Wildman–Crippen MR) is 124 cm³/mol. The van der Waals surface area contributed by atoms with Crippen LogP contribution in [0.3, 0.4) is 0 Å². The van der Waals surface area contributed by atoms with E-state index >= 15 is 0 Å². The standard InChI is InChI=1S/C26H27N3O5/c1-17-5-10-22(25(31)27-17)29-14-21-20(26(29)32)3-2-4-23(21)34-15-19-8-6-18(7-9-19)13-28-11-12-33-16-24(28)30/h2-4,6-9,22H,1,5,10-16H2,(H,27,31)/t22-/m0/s1/i22D. The van der Waals surface area contributed by atoms with Crippen LogP contribution in [0.1, 0.15) is 41.3 Å². The van der Waals surface area contributed by atoms with Gasteiger partial charge in [0.25, 0.3) is 5.91 Å². The van der Waals surface area contributed by atoms with Crippen molar-refractivity contribution in [2.75, 3.05) is 19.8 Å². The molecule has 3 aliphatic rings. The third-order valence-corrected chi connectivity index (χ3v) is 6.34. The van der Waals surface area contributed by atoms with Gasteiger partial charge in [0.15, 0.2) is 0 Å². The first-order chi connectivity index (χ1) is 16.8. The fraction of sp³-hybridized carbons (Fsp3) is 0.346. The molecule has 0 unspecified atom stereocenters.